The number of hydrogen-bond donors (Lipinski definition) is 2. The van der Waals surface area contributed by atoms with Gasteiger partial charge in [-0.15, -0.1) is 0 Å². The smallest absolute Gasteiger partial charge is 0.231 e. The number of nitrogens with one attached hydrogen (secondary N) is 2. The third-order valence-electron chi connectivity index (χ3n) is 2.64. The molecule has 2 N–H and O–H groups in total. The summed E-state index contributed by atoms with van der Waals surface area (Å²) < 4.78 is 1.03. The summed E-state index contributed by atoms with van der Waals surface area (Å²) >= 11 is 8.63. The second-order valence-corrected chi connectivity index (χ2v) is 6.90. The Kier molecular flexibility index (Phi) is 5.10. The van der Waals surface area contributed by atoms with E-state index < -0.39 is 5.41 Å². The van der Waals surface area contributed by atoms with Gasteiger partial charge in [-0.3, -0.25) is 4.79 Å². The fourth-order valence-corrected chi connectivity index (χ4v) is 2.42. The standard InChI is InChI=1S/C14H19BrN2OS/c1-8-6-10(15)7-9(2)11(8)16-13(19)17-12(18)14(3,4)5/h6-7H,1-5H3,(H2,16,17,18,19). The molecule has 19 heavy (non-hydrogen) atoms. The maximum absolute atomic E-state index is 11.8. The molecule has 0 aliphatic rings. The molecule has 0 spiro atoms. The summed E-state index contributed by atoms with van der Waals surface area (Å²) in [6, 6.07) is 4.01. The van der Waals surface area contributed by atoms with Crippen LogP contribution in [0.25, 0.3) is 0 Å². The molecule has 1 aromatic carbocycles. The highest BCUT2D eigenvalue weighted by Gasteiger charge is 2.22. The third kappa shape index (κ3) is 4.58. The molecule has 0 bridgehead atoms. The molecule has 1 rings (SSSR count). The molecule has 0 saturated carbocycles. The number of thiocarbonyl (C=S) groups is 1. The second kappa shape index (κ2) is 6.01. The van der Waals surface area contributed by atoms with E-state index in [2.05, 4.69) is 26.6 Å². The Bertz CT molecular complexity index is 498. The quantitative estimate of drug-likeness (QED) is 0.760. The average Bonchev–Trinajstić information content (AvgIpc) is 2.21. The summed E-state index contributed by atoms with van der Waals surface area (Å²) in [4.78, 5) is 11.8. The van der Waals surface area contributed by atoms with Crippen LogP contribution < -0.4 is 10.6 Å². The first kappa shape index (κ1) is 16.1. The molecule has 5 heteroatoms. The second-order valence-electron chi connectivity index (χ2n) is 5.57. The Morgan fingerprint density at radius 2 is 1.68 bits per heavy atom. The summed E-state index contributed by atoms with van der Waals surface area (Å²) in [5, 5.41) is 6.12. The fraction of sp³-hybridized carbons (Fsp3) is 0.429. The van der Waals surface area contributed by atoms with E-state index in [9.17, 15) is 4.79 Å². The van der Waals surface area contributed by atoms with Gasteiger partial charge in [-0.2, -0.15) is 0 Å². The van der Waals surface area contributed by atoms with Gasteiger partial charge in [0.1, 0.15) is 0 Å². The van der Waals surface area contributed by atoms with Crippen LogP contribution >= 0.6 is 28.1 Å². The number of aryl methyl sites for hydroxylation is 2. The number of halogens is 1. The van der Waals surface area contributed by atoms with Gasteiger partial charge >= 0.3 is 0 Å². The average molecular weight is 343 g/mol. The summed E-state index contributed by atoms with van der Waals surface area (Å²) in [6.07, 6.45) is 0. The molecule has 0 fully saturated rings. The van der Waals surface area contributed by atoms with Crippen molar-refractivity contribution in [2.75, 3.05) is 5.32 Å². The van der Waals surface area contributed by atoms with Crippen LogP contribution in [0.2, 0.25) is 0 Å². The molecule has 0 heterocycles. The van der Waals surface area contributed by atoms with Crippen LogP contribution in [0.5, 0.6) is 0 Å². The van der Waals surface area contributed by atoms with E-state index in [1.54, 1.807) is 0 Å². The van der Waals surface area contributed by atoms with E-state index in [1.165, 1.54) is 0 Å². The molecule has 104 valence electrons. The van der Waals surface area contributed by atoms with Gasteiger partial charge in [-0.25, -0.2) is 0 Å². The Hall–Kier alpha value is -0.940. The lowest BCUT2D eigenvalue weighted by atomic mass is 9.96. The van der Waals surface area contributed by atoms with Crippen LogP contribution in [0.1, 0.15) is 31.9 Å². The van der Waals surface area contributed by atoms with Gasteiger partial charge in [0.25, 0.3) is 0 Å². The molecule has 0 radical (unpaired) electrons. The van der Waals surface area contributed by atoms with Crippen LogP contribution in [-0.2, 0) is 4.79 Å². The van der Waals surface area contributed by atoms with Gasteiger partial charge in [0, 0.05) is 15.6 Å². The summed E-state index contributed by atoms with van der Waals surface area (Å²) in [5.74, 6) is -0.0996. The van der Waals surface area contributed by atoms with E-state index in [-0.39, 0.29) is 5.91 Å². The number of hydrogen-bond acceptors (Lipinski definition) is 2. The highest BCUT2D eigenvalue weighted by molar-refractivity contribution is 9.10. The third-order valence-corrected chi connectivity index (χ3v) is 3.31. The van der Waals surface area contributed by atoms with E-state index in [4.69, 9.17) is 12.2 Å². The van der Waals surface area contributed by atoms with Crippen LogP contribution in [0, 0.1) is 19.3 Å². The van der Waals surface area contributed by atoms with E-state index in [0.29, 0.717) is 5.11 Å². The van der Waals surface area contributed by atoms with E-state index >= 15 is 0 Å². The van der Waals surface area contributed by atoms with Crippen molar-refractivity contribution in [2.24, 2.45) is 5.41 Å². The molecular formula is C14H19BrN2OS. The number of rotatable bonds is 1. The first-order valence-electron chi connectivity index (χ1n) is 6.00. The maximum atomic E-state index is 11.8. The van der Waals surface area contributed by atoms with Gasteiger partial charge in [0.15, 0.2) is 5.11 Å². The number of carbonyl (C=O) groups excluding carboxylic acids is 1. The number of benzene rings is 1. The molecule has 3 nitrogen and oxygen atoms in total. The fourth-order valence-electron chi connectivity index (χ4n) is 1.54. The number of carbonyl (C=O) groups is 1. The summed E-state index contributed by atoms with van der Waals surface area (Å²) in [7, 11) is 0. The zero-order chi connectivity index (χ0) is 14.8. The Balaban J connectivity index is 2.82. The monoisotopic (exact) mass is 342 g/mol. The molecule has 0 aromatic heterocycles. The minimum atomic E-state index is -0.463. The van der Waals surface area contributed by atoms with Crippen LogP contribution in [0.4, 0.5) is 5.69 Å². The van der Waals surface area contributed by atoms with Gasteiger partial charge in [-0.05, 0) is 49.3 Å². The summed E-state index contributed by atoms with van der Waals surface area (Å²) in [6.45, 7) is 9.53. The first-order valence-corrected chi connectivity index (χ1v) is 7.20. The lowest BCUT2D eigenvalue weighted by Crippen LogP contribution is -2.41. The minimum Gasteiger partial charge on any atom is -0.332 e. The van der Waals surface area contributed by atoms with Crippen LogP contribution in [-0.4, -0.2) is 11.0 Å². The van der Waals surface area contributed by atoms with Crippen molar-refractivity contribution in [1.82, 2.24) is 5.32 Å². The minimum absolute atomic E-state index is 0.0996. The number of amides is 1. The van der Waals surface area contributed by atoms with Crippen molar-refractivity contribution in [3.05, 3.63) is 27.7 Å². The van der Waals surface area contributed by atoms with Crippen molar-refractivity contribution >= 4 is 44.9 Å². The van der Waals surface area contributed by atoms with Gasteiger partial charge in [0.2, 0.25) is 5.91 Å². The van der Waals surface area contributed by atoms with Crippen molar-refractivity contribution in [3.8, 4) is 0 Å². The summed E-state index contributed by atoms with van der Waals surface area (Å²) in [5.41, 5.74) is 2.61. The van der Waals surface area contributed by atoms with Crippen molar-refractivity contribution in [1.29, 1.82) is 0 Å². The zero-order valence-corrected chi connectivity index (χ0v) is 14.3. The SMILES string of the molecule is Cc1cc(Br)cc(C)c1NC(=S)NC(=O)C(C)(C)C. The largest absolute Gasteiger partial charge is 0.332 e. The molecule has 1 aromatic rings. The normalized spacial score (nSPS) is 11.1. The first-order chi connectivity index (χ1) is 8.61. The molecular weight excluding hydrogens is 324 g/mol. The molecule has 1 amide bonds. The Labute approximate surface area is 128 Å². The van der Waals surface area contributed by atoms with Gasteiger partial charge in [-0.1, -0.05) is 36.7 Å². The number of anilines is 1. The van der Waals surface area contributed by atoms with Crippen LogP contribution in [0.15, 0.2) is 16.6 Å². The van der Waals surface area contributed by atoms with Gasteiger partial charge in [0.05, 0.1) is 0 Å². The van der Waals surface area contributed by atoms with E-state index in [1.807, 2.05) is 46.8 Å². The van der Waals surface area contributed by atoms with Crippen molar-refractivity contribution in [3.63, 3.8) is 0 Å². The van der Waals surface area contributed by atoms with E-state index in [0.717, 1.165) is 21.3 Å². The Morgan fingerprint density at radius 1 is 1.21 bits per heavy atom. The van der Waals surface area contributed by atoms with Gasteiger partial charge < -0.3 is 10.6 Å². The highest BCUT2D eigenvalue weighted by atomic mass is 79.9. The molecule has 0 unspecified atom stereocenters. The maximum Gasteiger partial charge on any atom is 0.231 e. The lowest BCUT2D eigenvalue weighted by Gasteiger charge is -2.20. The highest BCUT2D eigenvalue weighted by Crippen LogP contribution is 2.25. The lowest BCUT2D eigenvalue weighted by molar-refractivity contribution is -0.126. The molecule has 0 saturated heterocycles. The molecule has 0 aliphatic carbocycles. The molecule has 0 aliphatic heterocycles. The Morgan fingerprint density at radius 3 is 2.11 bits per heavy atom. The van der Waals surface area contributed by atoms with Crippen molar-refractivity contribution in [2.45, 2.75) is 34.6 Å². The molecule has 0 atom stereocenters. The zero-order valence-electron chi connectivity index (χ0n) is 11.8. The topological polar surface area (TPSA) is 41.1 Å². The van der Waals surface area contributed by atoms with Crippen molar-refractivity contribution < 1.29 is 4.79 Å². The predicted octanol–water partition coefficient (Wildman–Crippen LogP) is 3.93. The van der Waals surface area contributed by atoms with Crippen LogP contribution in [0.3, 0.4) is 0 Å². The predicted molar refractivity (Wildman–Crippen MR) is 87.4 cm³/mol.